The number of nitrogens with zero attached hydrogens (tertiary/aromatic N) is 4. The number of aromatic amines is 2. The summed E-state index contributed by atoms with van der Waals surface area (Å²) in [4.78, 5) is 23.8. The fraction of sp³-hybridized carbons (Fsp3) is 0.294. The summed E-state index contributed by atoms with van der Waals surface area (Å²) >= 11 is 0. The van der Waals surface area contributed by atoms with Gasteiger partial charge in [-0.15, -0.1) is 0 Å². The molecule has 0 bridgehead atoms. The molecule has 4 heterocycles. The number of hydrogen-bond donors (Lipinski definition) is 2. The first-order valence-electron chi connectivity index (χ1n) is 14.9. The Kier molecular flexibility index (Phi) is 12.8. The Morgan fingerprint density at radius 1 is 0.633 bits per heavy atom. The van der Waals surface area contributed by atoms with E-state index in [9.17, 15) is 8.42 Å². The molecule has 0 aliphatic rings. The summed E-state index contributed by atoms with van der Waals surface area (Å²) in [7, 11) is 3.81. The Labute approximate surface area is 308 Å². The molecule has 0 saturated carbocycles. The monoisotopic (exact) mass is 716 g/mol. The second-order valence-electron chi connectivity index (χ2n) is 10.9. The van der Waals surface area contributed by atoms with Gasteiger partial charge in [0, 0.05) is 46.8 Å². The van der Waals surface area contributed by atoms with Crippen molar-refractivity contribution in [2.75, 3.05) is 28.4 Å². The molecule has 2 N–H and O–H groups in total. The van der Waals surface area contributed by atoms with E-state index in [0.29, 0.717) is 10.3 Å². The van der Waals surface area contributed by atoms with Gasteiger partial charge in [0.25, 0.3) is 0 Å². The second kappa shape index (κ2) is 16.6. The predicted molar refractivity (Wildman–Crippen MR) is 194 cm³/mol. The zero-order chi connectivity index (χ0) is 34.5. The van der Waals surface area contributed by atoms with E-state index in [1.165, 1.54) is 0 Å². The Morgan fingerprint density at radius 3 is 1.37 bits per heavy atom. The molecule has 0 fully saturated rings. The van der Waals surface area contributed by atoms with Crippen LogP contribution in [0.4, 0.5) is 0 Å². The second-order valence-corrected chi connectivity index (χ2v) is 13.7. The molecule has 6 aromatic rings. The van der Waals surface area contributed by atoms with Crippen LogP contribution in [0, 0.1) is 27.7 Å². The zero-order valence-corrected chi connectivity index (χ0v) is 31.8. The molecule has 12 nitrogen and oxygen atoms in total. The Morgan fingerprint density at radius 2 is 1.02 bits per heavy atom. The number of methoxy groups -OCH3 is 4. The molecular formula is C34H40MgN6O6S2. The van der Waals surface area contributed by atoms with E-state index in [1.54, 1.807) is 40.8 Å². The number of nitrogens with one attached hydrogen (secondary N) is 2. The van der Waals surface area contributed by atoms with Crippen LogP contribution in [-0.4, -0.2) is 89.8 Å². The predicted octanol–water partition coefficient (Wildman–Crippen LogP) is 5.64. The molecule has 2 aromatic carbocycles. The van der Waals surface area contributed by atoms with E-state index in [0.717, 1.165) is 78.7 Å². The van der Waals surface area contributed by atoms with E-state index < -0.39 is 21.6 Å². The summed E-state index contributed by atoms with van der Waals surface area (Å²) in [5.74, 6) is 3.57. The van der Waals surface area contributed by atoms with Gasteiger partial charge >= 0.3 is 23.1 Å². The van der Waals surface area contributed by atoms with Gasteiger partial charge in [-0.05, 0) is 52.0 Å². The molecule has 2 unspecified atom stereocenters. The van der Waals surface area contributed by atoms with Crippen molar-refractivity contribution in [2.24, 2.45) is 0 Å². The van der Waals surface area contributed by atoms with Crippen molar-refractivity contribution in [3.63, 3.8) is 0 Å². The van der Waals surface area contributed by atoms with Crippen LogP contribution in [0.3, 0.4) is 0 Å². The molecule has 0 aliphatic carbocycles. The Balaban J connectivity index is 0.000000334. The first kappa shape index (κ1) is 37.8. The van der Waals surface area contributed by atoms with Crippen LogP contribution < -0.4 is 18.9 Å². The summed E-state index contributed by atoms with van der Waals surface area (Å²) in [6, 6.07) is 11.0. The van der Waals surface area contributed by atoms with Gasteiger partial charge in [-0.25, -0.2) is 9.97 Å². The van der Waals surface area contributed by atoms with E-state index in [-0.39, 0.29) is 37.4 Å². The maximum Gasteiger partial charge on any atom is 2.00 e. The number of aromatic nitrogens is 6. The largest absolute Gasteiger partial charge is 2.00 e. The van der Waals surface area contributed by atoms with Gasteiger partial charge in [0.05, 0.1) is 95.0 Å². The normalized spacial score (nSPS) is 12.1. The molecule has 6 rings (SSSR count). The molecule has 0 aliphatic heterocycles. The zero-order valence-electron chi connectivity index (χ0n) is 30.8. The minimum absolute atomic E-state index is 0. The number of benzene rings is 2. The number of rotatable bonds is 10. The first-order chi connectivity index (χ1) is 23.1. The number of pyridine rings is 2. The van der Waals surface area contributed by atoms with Gasteiger partial charge in [0.1, 0.15) is 23.0 Å². The number of aryl methyl sites for hydroxylation is 2. The molecular weight excluding hydrogens is 677 g/mol. The van der Waals surface area contributed by atoms with Crippen molar-refractivity contribution in [1.82, 2.24) is 29.9 Å². The van der Waals surface area contributed by atoms with Crippen LogP contribution >= 0.6 is 0 Å². The van der Waals surface area contributed by atoms with E-state index in [4.69, 9.17) is 18.9 Å². The van der Waals surface area contributed by atoms with Gasteiger partial charge in [0.2, 0.25) is 0 Å². The van der Waals surface area contributed by atoms with Crippen LogP contribution in [0.15, 0.2) is 59.1 Å². The molecule has 2 atom stereocenters. The molecule has 15 heteroatoms. The van der Waals surface area contributed by atoms with Crippen molar-refractivity contribution in [2.45, 2.75) is 49.5 Å². The number of imidazole rings is 2. The summed E-state index contributed by atoms with van der Waals surface area (Å²) in [6.07, 6.45) is 3.48. The van der Waals surface area contributed by atoms with Crippen LogP contribution in [0.2, 0.25) is 0 Å². The minimum atomic E-state index is -1.33. The molecule has 0 spiro atoms. The van der Waals surface area contributed by atoms with E-state index in [2.05, 4.69) is 29.9 Å². The number of ether oxygens (including phenoxy) is 4. The average Bonchev–Trinajstić information content (AvgIpc) is 3.72. The fourth-order valence-electron chi connectivity index (χ4n) is 5.22. The molecule has 4 aromatic heterocycles. The summed E-state index contributed by atoms with van der Waals surface area (Å²) < 4.78 is 46.5. The number of H-pyrrole nitrogens is 2. The third-order valence-electron chi connectivity index (χ3n) is 7.80. The standard InChI is InChI=1S/2C17H19N3O3S.Mg.2H/c2*1-10-8-18-15(11(2)16(10)23-4)9-24(21)17-19-13-6-5-12(22-3)7-14(13)20-17;;;/h2*5-8H,9H2,1-4H3,(H,19,20);;;/q;;+2;2*-1. The number of fused-ring (bicyclic) bond motifs is 2. The van der Waals surface area contributed by atoms with Crippen LogP contribution in [-0.2, 0) is 33.1 Å². The van der Waals surface area contributed by atoms with E-state index in [1.807, 2.05) is 64.1 Å². The van der Waals surface area contributed by atoms with Crippen molar-refractivity contribution in [3.05, 3.63) is 82.4 Å². The summed E-state index contributed by atoms with van der Waals surface area (Å²) in [6.45, 7) is 7.72. The average molecular weight is 717 g/mol. The Bertz CT molecular complexity index is 2010. The molecule has 0 radical (unpaired) electrons. The van der Waals surface area contributed by atoms with Gasteiger partial charge in [-0.3, -0.25) is 18.4 Å². The molecule has 256 valence electrons. The van der Waals surface area contributed by atoms with Crippen molar-refractivity contribution < 1.29 is 30.2 Å². The minimum Gasteiger partial charge on any atom is -1.00 e. The van der Waals surface area contributed by atoms with Gasteiger partial charge < -0.3 is 31.8 Å². The smallest absolute Gasteiger partial charge is 1.00 e. The SMILES string of the molecule is COc1ccc2nc(S(=O)Cc3ncc(C)c(OC)c3C)[nH]c2c1.COc1ccc2nc(S(=O)Cc3ncc(C)c(OC)c3C)[nH]c2c1.[H-].[H-].[Mg+2]. The molecule has 0 amide bonds. The Hall–Kier alpha value is -4.05. The molecule has 0 saturated heterocycles. The third-order valence-corrected chi connectivity index (χ3v) is 10.1. The van der Waals surface area contributed by atoms with Crippen molar-refractivity contribution >= 4 is 66.7 Å². The maximum absolute atomic E-state index is 12.7. The van der Waals surface area contributed by atoms with Gasteiger partial charge in [0.15, 0.2) is 10.3 Å². The van der Waals surface area contributed by atoms with Crippen molar-refractivity contribution in [1.29, 1.82) is 0 Å². The first-order valence-corrected chi connectivity index (χ1v) is 17.5. The quantitative estimate of drug-likeness (QED) is 0.170. The van der Waals surface area contributed by atoms with Crippen LogP contribution in [0.5, 0.6) is 23.0 Å². The summed E-state index contributed by atoms with van der Waals surface area (Å²) in [5.41, 5.74) is 8.32. The van der Waals surface area contributed by atoms with Gasteiger partial charge in [-0.1, -0.05) is 0 Å². The van der Waals surface area contributed by atoms with Crippen molar-refractivity contribution in [3.8, 4) is 23.0 Å². The van der Waals surface area contributed by atoms with Crippen LogP contribution in [0.1, 0.15) is 36.5 Å². The maximum atomic E-state index is 12.7. The number of hydrogen-bond acceptors (Lipinski definition) is 10. The third kappa shape index (κ3) is 8.40. The van der Waals surface area contributed by atoms with Gasteiger partial charge in [-0.2, -0.15) is 0 Å². The fourth-order valence-corrected chi connectivity index (χ4v) is 7.42. The summed E-state index contributed by atoms with van der Waals surface area (Å²) in [5, 5.41) is 0.859. The topological polar surface area (TPSA) is 154 Å². The van der Waals surface area contributed by atoms with Crippen LogP contribution in [0.25, 0.3) is 22.1 Å². The van der Waals surface area contributed by atoms with E-state index >= 15 is 0 Å². The molecule has 49 heavy (non-hydrogen) atoms.